The van der Waals surface area contributed by atoms with Gasteiger partial charge in [-0.3, -0.25) is 0 Å². The minimum atomic E-state index is -0.776. The first-order chi connectivity index (χ1) is 7.75. The van der Waals surface area contributed by atoms with E-state index in [9.17, 15) is 4.79 Å². The first kappa shape index (κ1) is 11.7. The summed E-state index contributed by atoms with van der Waals surface area (Å²) in [6, 6.07) is 0.387. The molecule has 92 valence electrons. The van der Waals surface area contributed by atoms with Gasteiger partial charge < -0.3 is 15.3 Å². The lowest BCUT2D eigenvalue weighted by Gasteiger charge is -2.23. The fraction of sp³-hybridized carbons (Fsp3) is 0.917. The Morgan fingerprint density at radius 1 is 1.25 bits per heavy atom. The van der Waals surface area contributed by atoms with Crippen molar-refractivity contribution in [2.24, 2.45) is 5.92 Å². The van der Waals surface area contributed by atoms with E-state index < -0.39 is 6.09 Å². The Morgan fingerprint density at radius 2 is 2.00 bits per heavy atom. The van der Waals surface area contributed by atoms with Gasteiger partial charge in [-0.25, -0.2) is 4.79 Å². The van der Waals surface area contributed by atoms with Crippen molar-refractivity contribution in [3.05, 3.63) is 0 Å². The fourth-order valence-corrected chi connectivity index (χ4v) is 2.83. The summed E-state index contributed by atoms with van der Waals surface area (Å²) in [6.45, 7) is 2.44. The second-order valence-corrected chi connectivity index (χ2v) is 5.13. The number of amides is 1. The highest BCUT2D eigenvalue weighted by atomic mass is 16.4. The van der Waals surface area contributed by atoms with E-state index >= 15 is 0 Å². The Balaban J connectivity index is 1.65. The summed E-state index contributed by atoms with van der Waals surface area (Å²) in [5.41, 5.74) is 0. The van der Waals surface area contributed by atoms with E-state index in [1.54, 1.807) is 0 Å². The zero-order valence-electron chi connectivity index (χ0n) is 9.82. The number of carboxylic acid groups (broad SMARTS) is 1. The van der Waals surface area contributed by atoms with Crippen LogP contribution in [0.15, 0.2) is 0 Å². The third kappa shape index (κ3) is 3.11. The van der Waals surface area contributed by atoms with E-state index in [0.717, 1.165) is 18.9 Å². The van der Waals surface area contributed by atoms with Crippen molar-refractivity contribution in [1.82, 2.24) is 10.2 Å². The van der Waals surface area contributed by atoms with Crippen LogP contribution in [0.1, 0.15) is 38.5 Å². The molecule has 1 heterocycles. The molecule has 1 aliphatic carbocycles. The van der Waals surface area contributed by atoms with E-state index in [1.165, 1.54) is 37.0 Å². The van der Waals surface area contributed by atoms with E-state index in [1.807, 2.05) is 0 Å². The molecule has 1 amide bonds. The summed E-state index contributed by atoms with van der Waals surface area (Å²) in [4.78, 5) is 12.3. The van der Waals surface area contributed by atoms with Gasteiger partial charge in [0.25, 0.3) is 0 Å². The van der Waals surface area contributed by atoms with Crippen LogP contribution in [0.5, 0.6) is 0 Å². The SMILES string of the molecule is O=C(O)N1CC[C@H](NCC2CCCCC2)C1. The predicted molar refractivity (Wildman–Crippen MR) is 62.6 cm³/mol. The van der Waals surface area contributed by atoms with Crippen LogP contribution in [-0.4, -0.2) is 41.8 Å². The molecule has 0 unspecified atom stereocenters. The van der Waals surface area contributed by atoms with E-state index in [0.29, 0.717) is 19.1 Å². The number of nitrogens with zero attached hydrogens (tertiary/aromatic N) is 1. The van der Waals surface area contributed by atoms with Crippen molar-refractivity contribution in [2.75, 3.05) is 19.6 Å². The molecule has 0 bridgehead atoms. The van der Waals surface area contributed by atoms with E-state index in [4.69, 9.17) is 5.11 Å². The van der Waals surface area contributed by atoms with Crippen LogP contribution in [0.2, 0.25) is 0 Å². The summed E-state index contributed by atoms with van der Waals surface area (Å²) in [6.07, 6.45) is 7.04. The molecule has 0 aromatic heterocycles. The van der Waals surface area contributed by atoms with Gasteiger partial charge >= 0.3 is 6.09 Å². The zero-order valence-corrected chi connectivity index (χ0v) is 9.82. The third-order valence-corrected chi connectivity index (χ3v) is 3.88. The normalized spacial score (nSPS) is 27.2. The Labute approximate surface area is 97.0 Å². The minimum absolute atomic E-state index is 0.387. The molecule has 1 saturated heterocycles. The number of nitrogens with one attached hydrogen (secondary N) is 1. The molecule has 2 aliphatic rings. The second kappa shape index (κ2) is 5.53. The van der Waals surface area contributed by atoms with Gasteiger partial charge in [0.15, 0.2) is 0 Å². The largest absolute Gasteiger partial charge is 0.465 e. The average molecular weight is 226 g/mol. The summed E-state index contributed by atoms with van der Waals surface area (Å²) in [5.74, 6) is 0.827. The topological polar surface area (TPSA) is 52.6 Å². The van der Waals surface area contributed by atoms with Crippen LogP contribution in [0.4, 0.5) is 4.79 Å². The van der Waals surface area contributed by atoms with Crippen LogP contribution in [0.3, 0.4) is 0 Å². The molecule has 1 aliphatic heterocycles. The number of hydrogen-bond acceptors (Lipinski definition) is 2. The first-order valence-electron chi connectivity index (χ1n) is 6.47. The third-order valence-electron chi connectivity index (χ3n) is 3.88. The standard InChI is InChI=1S/C12H22N2O2/c15-12(16)14-7-6-11(9-14)13-8-10-4-2-1-3-5-10/h10-11,13H,1-9H2,(H,15,16)/t11-/m0/s1. The number of hydrogen-bond donors (Lipinski definition) is 2. The quantitative estimate of drug-likeness (QED) is 0.773. The highest BCUT2D eigenvalue weighted by Gasteiger charge is 2.26. The maximum atomic E-state index is 10.8. The van der Waals surface area contributed by atoms with E-state index in [-0.39, 0.29) is 0 Å². The number of rotatable bonds is 3. The fourth-order valence-electron chi connectivity index (χ4n) is 2.83. The molecule has 0 aromatic rings. The summed E-state index contributed by atoms with van der Waals surface area (Å²) < 4.78 is 0. The van der Waals surface area contributed by atoms with Crippen LogP contribution in [0.25, 0.3) is 0 Å². The van der Waals surface area contributed by atoms with Gasteiger partial charge in [0.1, 0.15) is 0 Å². The van der Waals surface area contributed by atoms with Crippen LogP contribution in [-0.2, 0) is 0 Å². The first-order valence-corrected chi connectivity index (χ1v) is 6.47. The second-order valence-electron chi connectivity index (χ2n) is 5.13. The minimum Gasteiger partial charge on any atom is -0.465 e. The van der Waals surface area contributed by atoms with Crippen LogP contribution >= 0.6 is 0 Å². The lowest BCUT2D eigenvalue weighted by atomic mass is 9.89. The van der Waals surface area contributed by atoms with Crippen LogP contribution < -0.4 is 5.32 Å². The lowest BCUT2D eigenvalue weighted by Crippen LogP contribution is -2.37. The molecule has 1 saturated carbocycles. The molecular formula is C12H22N2O2. The molecule has 4 heteroatoms. The summed E-state index contributed by atoms with van der Waals surface area (Å²) in [7, 11) is 0. The zero-order chi connectivity index (χ0) is 11.4. The summed E-state index contributed by atoms with van der Waals surface area (Å²) in [5, 5.41) is 12.4. The van der Waals surface area contributed by atoms with Gasteiger partial charge in [-0.1, -0.05) is 19.3 Å². The van der Waals surface area contributed by atoms with Crippen molar-refractivity contribution in [3.8, 4) is 0 Å². The highest BCUT2D eigenvalue weighted by Crippen LogP contribution is 2.23. The number of likely N-dealkylation sites (tertiary alicyclic amines) is 1. The Bertz CT molecular complexity index is 239. The Kier molecular flexibility index (Phi) is 4.04. The highest BCUT2D eigenvalue weighted by molar-refractivity contribution is 5.65. The van der Waals surface area contributed by atoms with Gasteiger partial charge in [0, 0.05) is 19.1 Å². The Hall–Kier alpha value is -0.770. The number of carbonyl (C=O) groups is 1. The van der Waals surface area contributed by atoms with Gasteiger partial charge in [0.05, 0.1) is 0 Å². The maximum absolute atomic E-state index is 10.8. The average Bonchev–Trinajstić information content (AvgIpc) is 2.76. The molecule has 0 radical (unpaired) electrons. The van der Waals surface area contributed by atoms with Crippen molar-refractivity contribution in [1.29, 1.82) is 0 Å². The van der Waals surface area contributed by atoms with Gasteiger partial charge in [-0.05, 0) is 31.7 Å². The lowest BCUT2D eigenvalue weighted by molar-refractivity contribution is 0.154. The molecule has 16 heavy (non-hydrogen) atoms. The summed E-state index contributed by atoms with van der Waals surface area (Å²) >= 11 is 0. The van der Waals surface area contributed by atoms with Crippen molar-refractivity contribution >= 4 is 6.09 Å². The molecule has 1 atom stereocenters. The molecule has 0 aromatic carbocycles. The predicted octanol–water partition coefficient (Wildman–Crippen LogP) is 1.91. The molecule has 0 spiro atoms. The van der Waals surface area contributed by atoms with Gasteiger partial charge in [-0.2, -0.15) is 0 Å². The monoisotopic (exact) mass is 226 g/mol. The molecule has 2 rings (SSSR count). The van der Waals surface area contributed by atoms with Crippen molar-refractivity contribution in [3.63, 3.8) is 0 Å². The van der Waals surface area contributed by atoms with Gasteiger partial charge in [-0.15, -0.1) is 0 Å². The van der Waals surface area contributed by atoms with Crippen LogP contribution in [0, 0.1) is 5.92 Å². The van der Waals surface area contributed by atoms with Crippen molar-refractivity contribution < 1.29 is 9.90 Å². The Morgan fingerprint density at radius 3 is 2.62 bits per heavy atom. The molecule has 2 N–H and O–H groups in total. The maximum Gasteiger partial charge on any atom is 0.407 e. The molecule has 2 fully saturated rings. The van der Waals surface area contributed by atoms with Crippen molar-refractivity contribution in [2.45, 2.75) is 44.6 Å². The van der Waals surface area contributed by atoms with E-state index in [2.05, 4.69) is 5.32 Å². The van der Waals surface area contributed by atoms with Gasteiger partial charge in [0.2, 0.25) is 0 Å². The molecule has 4 nitrogen and oxygen atoms in total. The molecular weight excluding hydrogens is 204 g/mol. The smallest absolute Gasteiger partial charge is 0.407 e.